The minimum atomic E-state index is -0.220. The molecular formula is C14H22O2. The van der Waals surface area contributed by atoms with Gasteiger partial charge in [-0.1, -0.05) is 27.4 Å². The normalized spacial score (nSPS) is 39.8. The lowest BCUT2D eigenvalue weighted by Crippen LogP contribution is -2.37. The van der Waals surface area contributed by atoms with Crippen LogP contribution in [0.4, 0.5) is 0 Å². The Kier molecular flexibility index (Phi) is 2.64. The Labute approximate surface area is 98.1 Å². The molecule has 0 aromatic heterocycles. The lowest BCUT2D eigenvalue weighted by molar-refractivity contribution is -0.151. The van der Waals surface area contributed by atoms with Gasteiger partial charge in [0.25, 0.3) is 0 Å². The number of carbonyl (C=O) groups excluding carboxylic acids is 1. The highest BCUT2D eigenvalue weighted by atomic mass is 16.5. The predicted octanol–water partition coefficient (Wildman–Crippen LogP) is 3.18. The molecule has 0 saturated heterocycles. The molecule has 2 aliphatic carbocycles. The SMILES string of the molecule is C=C(C)C(=O)O[C@@H]1[C@@H]2C[C@H]([C@H]1C)C(C)(C)C2. The number of ether oxygens (including phenoxy) is 1. The maximum atomic E-state index is 11.6. The molecule has 2 heteroatoms. The van der Waals surface area contributed by atoms with Crippen LogP contribution >= 0.6 is 0 Å². The van der Waals surface area contributed by atoms with E-state index in [-0.39, 0.29) is 12.1 Å². The van der Waals surface area contributed by atoms with E-state index in [4.69, 9.17) is 4.74 Å². The van der Waals surface area contributed by atoms with Crippen LogP contribution in [0, 0.1) is 23.2 Å². The van der Waals surface area contributed by atoms with Crippen molar-refractivity contribution in [3.05, 3.63) is 12.2 Å². The van der Waals surface area contributed by atoms with Gasteiger partial charge in [-0.15, -0.1) is 0 Å². The molecule has 0 heterocycles. The second-order valence-electron chi connectivity index (χ2n) is 6.30. The maximum absolute atomic E-state index is 11.6. The van der Waals surface area contributed by atoms with Gasteiger partial charge in [0.1, 0.15) is 6.10 Å². The van der Waals surface area contributed by atoms with E-state index < -0.39 is 0 Å². The number of hydrogen-bond donors (Lipinski definition) is 0. The molecule has 2 fully saturated rings. The van der Waals surface area contributed by atoms with Gasteiger partial charge in [-0.2, -0.15) is 0 Å². The van der Waals surface area contributed by atoms with Crippen molar-refractivity contribution in [2.24, 2.45) is 23.2 Å². The third-order valence-corrected chi connectivity index (χ3v) is 4.56. The van der Waals surface area contributed by atoms with E-state index in [1.165, 1.54) is 12.8 Å². The van der Waals surface area contributed by atoms with Crippen molar-refractivity contribution in [3.8, 4) is 0 Å². The number of esters is 1. The van der Waals surface area contributed by atoms with Gasteiger partial charge in [-0.05, 0) is 42.9 Å². The summed E-state index contributed by atoms with van der Waals surface area (Å²) in [5, 5.41) is 0. The summed E-state index contributed by atoms with van der Waals surface area (Å²) in [6.45, 7) is 12.3. The average Bonchev–Trinajstić information content (AvgIpc) is 2.61. The van der Waals surface area contributed by atoms with Crippen molar-refractivity contribution in [2.75, 3.05) is 0 Å². The fraction of sp³-hybridized carbons (Fsp3) is 0.786. The van der Waals surface area contributed by atoms with Crippen molar-refractivity contribution in [2.45, 2.75) is 46.6 Å². The third kappa shape index (κ3) is 1.68. The van der Waals surface area contributed by atoms with Gasteiger partial charge in [0.15, 0.2) is 0 Å². The molecule has 2 aliphatic rings. The summed E-state index contributed by atoms with van der Waals surface area (Å²) in [6.07, 6.45) is 2.54. The van der Waals surface area contributed by atoms with Crippen molar-refractivity contribution >= 4 is 5.97 Å². The molecule has 90 valence electrons. The van der Waals surface area contributed by atoms with Gasteiger partial charge in [0.05, 0.1) is 0 Å². The first-order valence-electron chi connectivity index (χ1n) is 6.19. The van der Waals surface area contributed by atoms with Crippen LogP contribution in [0.3, 0.4) is 0 Å². The topological polar surface area (TPSA) is 26.3 Å². The van der Waals surface area contributed by atoms with Gasteiger partial charge < -0.3 is 4.74 Å². The second-order valence-corrected chi connectivity index (χ2v) is 6.30. The van der Waals surface area contributed by atoms with Crippen LogP contribution in [0.1, 0.15) is 40.5 Å². The minimum absolute atomic E-state index is 0.127. The van der Waals surface area contributed by atoms with Crippen LogP contribution in [0.5, 0.6) is 0 Å². The highest BCUT2D eigenvalue weighted by molar-refractivity contribution is 5.87. The zero-order valence-corrected chi connectivity index (χ0v) is 10.7. The van der Waals surface area contributed by atoms with E-state index in [1.807, 2.05) is 0 Å². The van der Waals surface area contributed by atoms with Crippen LogP contribution in [0.15, 0.2) is 12.2 Å². The molecule has 2 saturated carbocycles. The fourth-order valence-electron chi connectivity index (χ4n) is 3.82. The zero-order valence-electron chi connectivity index (χ0n) is 10.7. The summed E-state index contributed by atoms with van der Waals surface area (Å²) in [6, 6.07) is 0. The number of carbonyl (C=O) groups is 1. The minimum Gasteiger partial charge on any atom is -0.458 e. The first kappa shape index (κ1) is 11.7. The Morgan fingerprint density at radius 1 is 1.44 bits per heavy atom. The second kappa shape index (κ2) is 3.61. The number of hydrogen-bond acceptors (Lipinski definition) is 2. The molecule has 0 aliphatic heterocycles. The third-order valence-electron chi connectivity index (χ3n) is 4.56. The van der Waals surface area contributed by atoms with Crippen molar-refractivity contribution in [3.63, 3.8) is 0 Å². The van der Waals surface area contributed by atoms with E-state index in [1.54, 1.807) is 6.92 Å². The van der Waals surface area contributed by atoms with E-state index in [0.29, 0.717) is 28.7 Å². The van der Waals surface area contributed by atoms with Crippen LogP contribution in [0.25, 0.3) is 0 Å². The van der Waals surface area contributed by atoms with Crippen LogP contribution in [0.2, 0.25) is 0 Å². The average molecular weight is 222 g/mol. The molecule has 0 unspecified atom stereocenters. The van der Waals surface area contributed by atoms with Crippen molar-refractivity contribution < 1.29 is 9.53 Å². The quantitative estimate of drug-likeness (QED) is 0.530. The molecule has 4 atom stereocenters. The molecule has 0 radical (unpaired) electrons. The maximum Gasteiger partial charge on any atom is 0.333 e. The van der Waals surface area contributed by atoms with E-state index in [0.717, 1.165) is 0 Å². The zero-order chi connectivity index (χ0) is 12.1. The predicted molar refractivity (Wildman–Crippen MR) is 63.9 cm³/mol. The van der Waals surface area contributed by atoms with Crippen LogP contribution < -0.4 is 0 Å². The fourth-order valence-corrected chi connectivity index (χ4v) is 3.82. The Bertz CT molecular complexity index is 328. The molecule has 0 amide bonds. The smallest absolute Gasteiger partial charge is 0.333 e. The first-order valence-corrected chi connectivity index (χ1v) is 6.19. The molecule has 0 spiro atoms. The number of rotatable bonds is 2. The summed E-state index contributed by atoms with van der Waals surface area (Å²) in [5.74, 6) is 1.55. The number of fused-ring (bicyclic) bond motifs is 2. The summed E-state index contributed by atoms with van der Waals surface area (Å²) in [4.78, 5) is 11.6. The monoisotopic (exact) mass is 222 g/mol. The molecule has 16 heavy (non-hydrogen) atoms. The lowest BCUT2D eigenvalue weighted by atomic mass is 9.70. The van der Waals surface area contributed by atoms with Gasteiger partial charge in [-0.25, -0.2) is 4.79 Å². The van der Waals surface area contributed by atoms with Gasteiger partial charge >= 0.3 is 5.97 Å². The Balaban J connectivity index is 2.06. The summed E-state index contributed by atoms with van der Waals surface area (Å²) < 4.78 is 5.57. The molecule has 2 nitrogen and oxygen atoms in total. The van der Waals surface area contributed by atoms with Crippen molar-refractivity contribution in [1.29, 1.82) is 0 Å². The summed E-state index contributed by atoms with van der Waals surface area (Å²) >= 11 is 0. The van der Waals surface area contributed by atoms with E-state index >= 15 is 0 Å². The standard InChI is InChI=1S/C14H22O2/c1-8(2)13(15)16-12-9(3)11-6-10(12)7-14(11,4)5/h9-12H,1,6-7H2,2-5H3/t9-,10-,11-,12+/m1/s1. The Morgan fingerprint density at radius 3 is 2.50 bits per heavy atom. The summed E-state index contributed by atoms with van der Waals surface area (Å²) in [7, 11) is 0. The molecule has 2 bridgehead atoms. The van der Waals surface area contributed by atoms with Gasteiger partial charge in [0.2, 0.25) is 0 Å². The highest BCUT2D eigenvalue weighted by Gasteiger charge is 2.55. The largest absolute Gasteiger partial charge is 0.458 e. The molecular weight excluding hydrogens is 200 g/mol. The van der Waals surface area contributed by atoms with Crippen molar-refractivity contribution in [1.82, 2.24) is 0 Å². The molecule has 0 N–H and O–H groups in total. The van der Waals surface area contributed by atoms with E-state index in [2.05, 4.69) is 27.4 Å². The molecule has 0 aromatic carbocycles. The van der Waals surface area contributed by atoms with E-state index in [9.17, 15) is 4.79 Å². The molecule has 2 rings (SSSR count). The van der Waals surface area contributed by atoms with Gasteiger partial charge in [-0.3, -0.25) is 0 Å². The first-order chi connectivity index (χ1) is 7.33. The Hall–Kier alpha value is -0.790. The van der Waals surface area contributed by atoms with Gasteiger partial charge in [0, 0.05) is 5.57 Å². The van der Waals surface area contributed by atoms with Crippen LogP contribution in [-0.4, -0.2) is 12.1 Å². The lowest BCUT2D eigenvalue weighted by Gasteiger charge is -2.38. The van der Waals surface area contributed by atoms with Crippen LogP contribution in [-0.2, 0) is 9.53 Å². The highest BCUT2D eigenvalue weighted by Crippen LogP contribution is 2.59. The molecule has 0 aromatic rings. The Morgan fingerprint density at radius 2 is 2.06 bits per heavy atom. The summed E-state index contributed by atoms with van der Waals surface area (Å²) in [5.41, 5.74) is 0.935.